The predicted octanol–water partition coefficient (Wildman–Crippen LogP) is 2.29. The molecule has 1 amide bonds. The monoisotopic (exact) mass is 520 g/mol. The summed E-state index contributed by atoms with van der Waals surface area (Å²) in [7, 11) is 6.07. The van der Waals surface area contributed by atoms with Gasteiger partial charge in [-0.15, -0.1) is 0 Å². The van der Waals surface area contributed by atoms with E-state index < -0.39 is 11.2 Å². The predicted molar refractivity (Wildman–Crippen MR) is 141 cm³/mol. The van der Waals surface area contributed by atoms with E-state index in [1.807, 2.05) is 30.3 Å². The highest BCUT2D eigenvalue weighted by molar-refractivity contribution is 7.22. The number of aryl methyl sites for hydroxylation is 1. The van der Waals surface area contributed by atoms with Gasteiger partial charge >= 0.3 is 5.69 Å². The molecule has 0 aliphatic heterocycles. The van der Waals surface area contributed by atoms with Crippen molar-refractivity contribution in [1.29, 1.82) is 0 Å². The highest BCUT2D eigenvalue weighted by Crippen LogP contribution is 2.40. The summed E-state index contributed by atoms with van der Waals surface area (Å²) in [5.74, 6) is 0.878. The molecule has 0 aliphatic rings. The first-order chi connectivity index (χ1) is 17.8. The van der Waals surface area contributed by atoms with Gasteiger partial charge in [0.1, 0.15) is 28.3 Å². The Morgan fingerprint density at radius 3 is 2.41 bits per heavy atom. The average Bonchev–Trinajstić information content (AvgIpc) is 3.54. The summed E-state index contributed by atoms with van der Waals surface area (Å²) in [6, 6.07) is 13.1. The maximum atomic E-state index is 13.8. The number of imidazole rings is 1. The van der Waals surface area contributed by atoms with Gasteiger partial charge in [-0.2, -0.15) is 0 Å². The number of aromatic nitrogens is 5. The van der Waals surface area contributed by atoms with Gasteiger partial charge in [0.15, 0.2) is 16.3 Å². The second kappa shape index (κ2) is 9.54. The SMILES string of the molecule is COc1ccc(OC)c2sc(N(Cc3ccccc3)C(=O)Cn3cnc4c3c(=O)n(C)c(=O)n4C)nc12. The minimum atomic E-state index is -0.521. The third-order valence-corrected chi connectivity index (χ3v) is 7.23. The van der Waals surface area contributed by atoms with Gasteiger partial charge in [-0.05, 0) is 17.7 Å². The van der Waals surface area contributed by atoms with Crippen LogP contribution in [0.1, 0.15) is 5.56 Å². The highest BCUT2D eigenvalue weighted by Gasteiger charge is 2.25. The van der Waals surface area contributed by atoms with Crippen molar-refractivity contribution in [2.24, 2.45) is 14.1 Å². The van der Waals surface area contributed by atoms with Crippen LogP contribution in [0.15, 0.2) is 58.4 Å². The Morgan fingerprint density at radius 1 is 1.00 bits per heavy atom. The zero-order valence-electron chi connectivity index (χ0n) is 20.7. The fourth-order valence-corrected chi connectivity index (χ4v) is 5.26. The molecular formula is C25H24N6O5S. The Kier molecular flexibility index (Phi) is 6.25. The van der Waals surface area contributed by atoms with Crippen LogP contribution in [-0.4, -0.2) is 43.8 Å². The number of hydrogen-bond donors (Lipinski definition) is 0. The number of anilines is 1. The highest BCUT2D eigenvalue weighted by atomic mass is 32.1. The van der Waals surface area contributed by atoms with Crippen molar-refractivity contribution < 1.29 is 14.3 Å². The van der Waals surface area contributed by atoms with E-state index in [9.17, 15) is 14.4 Å². The number of hydrogen-bond acceptors (Lipinski definition) is 8. The molecule has 0 radical (unpaired) electrons. The van der Waals surface area contributed by atoms with Crippen LogP contribution >= 0.6 is 11.3 Å². The molecule has 0 aliphatic carbocycles. The molecule has 0 atom stereocenters. The normalized spacial score (nSPS) is 11.2. The van der Waals surface area contributed by atoms with Crippen LogP contribution in [0.3, 0.4) is 0 Å². The molecule has 0 spiro atoms. The third-order valence-electron chi connectivity index (χ3n) is 6.14. The van der Waals surface area contributed by atoms with Crippen LogP contribution in [0.4, 0.5) is 5.13 Å². The fraction of sp³-hybridized carbons (Fsp3) is 0.240. The lowest BCUT2D eigenvalue weighted by Gasteiger charge is -2.20. The lowest BCUT2D eigenvalue weighted by Crippen LogP contribution is -2.38. The number of carbonyl (C=O) groups is 1. The summed E-state index contributed by atoms with van der Waals surface area (Å²) in [5.41, 5.74) is 0.868. The molecule has 5 aromatic rings. The van der Waals surface area contributed by atoms with E-state index in [-0.39, 0.29) is 30.2 Å². The number of benzene rings is 2. The van der Waals surface area contributed by atoms with Crippen molar-refractivity contribution in [2.75, 3.05) is 19.1 Å². The molecule has 37 heavy (non-hydrogen) atoms. The Bertz CT molecular complexity index is 1710. The van der Waals surface area contributed by atoms with Gasteiger partial charge in [0, 0.05) is 14.1 Å². The van der Waals surface area contributed by atoms with Gasteiger partial charge in [0.05, 0.1) is 27.1 Å². The molecule has 0 saturated carbocycles. The van der Waals surface area contributed by atoms with Gasteiger partial charge < -0.3 is 14.0 Å². The van der Waals surface area contributed by atoms with Crippen molar-refractivity contribution in [3.63, 3.8) is 0 Å². The lowest BCUT2D eigenvalue weighted by molar-refractivity contribution is -0.119. The first-order valence-corrected chi connectivity index (χ1v) is 12.1. The molecule has 11 nitrogen and oxygen atoms in total. The number of rotatable bonds is 7. The minimum Gasteiger partial charge on any atom is -0.495 e. The number of fused-ring (bicyclic) bond motifs is 2. The van der Waals surface area contributed by atoms with E-state index in [4.69, 9.17) is 14.5 Å². The second-order valence-electron chi connectivity index (χ2n) is 8.36. The summed E-state index contributed by atoms with van der Waals surface area (Å²) in [6.45, 7) is 0.0776. The molecule has 2 aromatic carbocycles. The fourth-order valence-electron chi connectivity index (χ4n) is 4.17. The number of nitrogens with zero attached hydrogens (tertiary/aromatic N) is 6. The van der Waals surface area contributed by atoms with E-state index in [0.717, 1.165) is 14.8 Å². The number of ether oxygens (including phenoxy) is 2. The topological polar surface area (TPSA) is 113 Å². The first-order valence-electron chi connectivity index (χ1n) is 11.3. The zero-order valence-corrected chi connectivity index (χ0v) is 21.5. The van der Waals surface area contributed by atoms with E-state index in [0.29, 0.717) is 22.1 Å². The van der Waals surface area contributed by atoms with E-state index in [1.54, 1.807) is 31.3 Å². The van der Waals surface area contributed by atoms with E-state index in [1.165, 1.54) is 40.9 Å². The zero-order chi connectivity index (χ0) is 26.3. The van der Waals surface area contributed by atoms with Crippen LogP contribution in [0, 0.1) is 0 Å². The molecule has 0 bridgehead atoms. The quantitative estimate of drug-likeness (QED) is 0.324. The Balaban J connectivity index is 1.61. The van der Waals surface area contributed by atoms with Crippen molar-refractivity contribution in [2.45, 2.75) is 13.1 Å². The molecule has 5 rings (SSSR count). The summed E-state index contributed by atoms with van der Waals surface area (Å²) >= 11 is 1.31. The molecule has 3 heterocycles. The summed E-state index contributed by atoms with van der Waals surface area (Å²) in [6.07, 6.45) is 1.40. The van der Waals surface area contributed by atoms with Crippen LogP contribution in [0.2, 0.25) is 0 Å². The van der Waals surface area contributed by atoms with Crippen LogP contribution in [0.5, 0.6) is 11.5 Å². The third kappa shape index (κ3) is 4.14. The first kappa shape index (κ1) is 24.3. The molecule has 12 heteroatoms. The van der Waals surface area contributed by atoms with Crippen LogP contribution in [-0.2, 0) is 32.0 Å². The van der Waals surface area contributed by atoms with E-state index in [2.05, 4.69) is 4.98 Å². The van der Waals surface area contributed by atoms with Gasteiger partial charge in [-0.3, -0.25) is 23.6 Å². The maximum absolute atomic E-state index is 13.8. The number of thiazole rings is 1. The molecule has 0 saturated heterocycles. The van der Waals surface area contributed by atoms with Crippen LogP contribution in [0.25, 0.3) is 21.4 Å². The largest absolute Gasteiger partial charge is 0.495 e. The number of methoxy groups -OCH3 is 2. The standard InChI is InChI=1S/C25H24N6O5S/c1-28-22-20(23(33)29(2)25(28)34)30(14-26-22)13-18(32)31(12-15-8-6-5-7-9-15)24-27-19-16(35-3)10-11-17(36-4)21(19)37-24/h5-11,14H,12-13H2,1-4H3. The average molecular weight is 521 g/mol. The van der Waals surface area contributed by atoms with Gasteiger partial charge in [-0.25, -0.2) is 14.8 Å². The molecule has 0 fully saturated rings. The Hall–Kier alpha value is -4.45. The summed E-state index contributed by atoms with van der Waals surface area (Å²) in [4.78, 5) is 49.5. The molecular weight excluding hydrogens is 496 g/mol. The molecule has 0 N–H and O–H groups in total. The number of carbonyl (C=O) groups excluding carboxylic acids is 1. The van der Waals surface area contributed by atoms with E-state index >= 15 is 0 Å². The van der Waals surface area contributed by atoms with Crippen molar-refractivity contribution in [3.05, 3.63) is 75.2 Å². The lowest BCUT2D eigenvalue weighted by atomic mass is 10.2. The van der Waals surface area contributed by atoms with Gasteiger partial charge in [-0.1, -0.05) is 41.7 Å². The van der Waals surface area contributed by atoms with Gasteiger partial charge in [0.25, 0.3) is 5.56 Å². The maximum Gasteiger partial charge on any atom is 0.332 e. The Morgan fingerprint density at radius 2 is 1.70 bits per heavy atom. The van der Waals surface area contributed by atoms with Crippen LogP contribution < -0.4 is 25.6 Å². The second-order valence-corrected chi connectivity index (χ2v) is 9.34. The smallest absolute Gasteiger partial charge is 0.332 e. The van der Waals surface area contributed by atoms with Gasteiger partial charge in [0.2, 0.25) is 5.91 Å². The number of amides is 1. The van der Waals surface area contributed by atoms with Crippen molar-refractivity contribution in [1.82, 2.24) is 23.7 Å². The summed E-state index contributed by atoms with van der Waals surface area (Å²) in [5, 5.41) is 0.455. The Labute approximate surface area is 214 Å². The molecule has 190 valence electrons. The molecule has 0 unspecified atom stereocenters. The van der Waals surface area contributed by atoms with Crippen molar-refractivity contribution in [3.8, 4) is 11.5 Å². The molecule has 3 aromatic heterocycles. The van der Waals surface area contributed by atoms with Crippen molar-refractivity contribution >= 4 is 43.8 Å². The minimum absolute atomic E-state index is 0.172. The summed E-state index contributed by atoms with van der Waals surface area (Å²) < 4.78 is 15.5.